The van der Waals surface area contributed by atoms with Crippen LogP contribution in [0.3, 0.4) is 0 Å². The number of benzene rings is 3. The van der Waals surface area contributed by atoms with Crippen molar-refractivity contribution in [2.75, 3.05) is 10.0 Å². The number of carbonyl (C=O) groups is 1. The highest BCUT2D eigenvalue weighted by atomic mass is 32.2. The molecule has 0 aliphatic rings. The maximum absolute atomic E-state index is 12.8. The zero-order valence-corrected chi connectivity index (χ0v) is 17.3. The van der Waals surface area contributed by atoms with Crippen molar-refractivity contribution < 1.29 is 26.7 Å². The van der Waals surface area contributed by atoms with Crippen LogP contribution in [0.25, 0.3) is 0 Å². The highest BCUT2D eigenvalue weighted by Crippen LogP contribution is 2.28. The number of hydrogen-bond donors (Lipinski definition) is 2. The van der Waals surface area contributed by atoms with Crippen molar-refractivity contribution in [3.05, 3.63) is 83.9 Å². The van der Waals surface area contributed by atoms with Gasteiger partial charge in [0.15, 0.2) is 0 Å². The van der Waals surface area contributed by atoms with Crippen LogP contribution < -0.4 is 14.8 Å². The highest BCUT2D eigenvalue weighted by molar-refractivity contribution is 7.92. The third-order valence-electron chi connectivity index (χ3n) is 4.25. The minimum atomic E-state index is -3.94. The molecule has 0 saturated heterocycles. The molecule has 0 heterocycles. The van der Waals surface area contributed by atoms with Gasteiger partial charge in [-0.15, -0.1) is 0 Å². The van der Waals surface area contributed by atoms with Crippen LogP contribution >= 0.6 is 0 Å². The molecule has 3 aromatic carbocycles. The Labute approximate surface area is 178 Å². The van der Waals surface area contributed by atoms with Crippen molar-refractivity contribution in [1.82, 2.24) is 0 Å². The van der Waals surface area contributed by atoms with Gasteiger partial charge in [0.2, 0.25) is 5.91 Å². The average molecular weight is 446 g/mol. The van der Waals surface area contributed by atoms with Crippen LogP contribution in [0.5, 0.6) is 5.75 Å². The van der Waals surface area contributed by atoms with E-state index >= 15 is 0 Å². The van der Waals surface area contributed by atoms with Gasteiger partial charge < -0.3 is 10.1 Å². The fourth-order valence-electron chi connectivity index (χ4n) is 2.94. The Kier molecular flexibility index (Phi) is 6.86. The smallest absolute Gasteiger partial charge is 0.387 e. The molecule has 31 heavy (non-hydrogen) atoms. The number of hydrogen-bond acceptors (Lipinski definition) is 4. The maximum Gasteiger partial charge on any atom is 0.387 e. The van der Waals surface area contributed by atoms with Crippen LogP contribution in [-0.4, -0.2) is 20.9 Å². The normalized spacial score (nSPS) is 11.2. The molecule has 3 rings (SSSR count). The summed E-state index contributed by atoms with van der Waals surface area (Å²) in [7, 11) is -3.94. The second-order valence-corrected chi connectivity index (χ2v) is 8.36. The zero-order valence-electron chi connectivity index (χ0n) is 16.5. The number of alkyl halides is 2. The Morgan fingerprint density at radius 2 is 1.61 bits per heavy atom. The van der Waals surface area contributed by atoms with Crippen LogP contribution in [0.15, 0.2) is 77.7 Å². The first-order valence-electron chi connectivity index (χ1n) is 9.25. The first-order chi connectivity index (χ1) is 14.7. The van der Waals surface area contributed by atoms with Crippen LogP contribution in [-0.2, 0) is 21.2 Å². The van der Waals surface area contributed by atoms with E-state index in [4.69, 9.17) is 0 Å². The van der Waals surface area contributed by atoms with Gasteiger partial charge in [-0.1, -0.05) is 30.3 Å². The summed E-state index contributed by atoms with van der Waals surface area (Å²) in [5.74, 6) is -0.299. The minimum Gasteiger partial charge on any atom is -0.435 e. The number of sulfonamides is 1. The van der Waals surface area contributed by atoms with Crippen molar-refractivity contribution in [3.8, 4) is 5.75 Å². The third kappa shape index (κ3) is 6.26. The standard InChI is InChI=1S/C22H20F2N2O4S/c1-15(27)25-18-7-10-20(11-8-18)31(28,29)26-19-9-12-21(30-22(23)24)17(14-19)13-16-5-3-2-4-6-16/h2-12,14,22,26H,13H2,1H3,(H,25,27). The van der Waals surface area contributed by atoms with E-state index in [1.54, 1.807) is 0 Å². The SMILES string of the molecule is CC(=O)Nc1ccc(S(=O)(=O)Nc2ccc(OC(F)F)c(Cc3ccccc3)c2)cc1. The van der Waals surface area contributed by atoms with Crippen LogP contribution in [0.2, 0.25) is 0 Å². The van der Waals surface area contributed by atoms with Crippen LogP contribution in [0.1, 0.15) is 18.1 Å². The summed E-state index contributed by atoms with van der Waals surface area (Å²) in [5.41, 5.74) is 1.94. The molecule has 0 unspecified atom stereocenters. The lowest BCUT2D eigenvalue weighted by Crippen LogP contribution is -2.14. The molecular formula is C22H20F2N2O4S. The monoisotopic (exact) mass is 446 g/mol. The van der Waals surface area contributed by atoms with Gasteiger partial charge in [-0.3, -0.25) is 9.52 Å². The molecule has 0 aliphatic heterocycles. The minimum absolute atomic E-state index is 0.0147. The summed E-state index contributed by atoms with van der Waals surface area (Å²) in [6.45, 7) is -1.65. The molecule has 1 amide bonds. The van der Waals surface area contributed by atoms with E-state index in [0.717, 1.165) is 5.56 Å². The van der Waals surface area contributed by atoms with Gasteiger partial charge in [0.05, 0.1) is 4.90 Å². The van der Waals surface area contributed by atoms with E-state index in [1.165, 1.54) is 49.4 Å². The molecule has 2 N–H and O–H groups in total. The molecule has 0 aromatic heterocycles. The number of anilines is 2. The Balaban J connectivity index is 1.86. The first kappa shape index (κ1) is 22.2. The number of rotatable bonds is 8. The van der Waals surface area contributed by atoms with Gasteiger partial charge in [-0.25, -0.2) is 8.42 Å². The number of halogens is 2. The molecule has 0 saturated carbocycles. The number of ether oxygens (including phenoxy) is 1. The predicted molar refractivity (Wildman–Crippen MR) is 114 cm³/mol. The van der Waals surface area contributed by atoms with Gasteiger partial charge in [0, 0.05) is 30.3 Å². The fraction of sp³-hybridized carbons (Fsp3) is 0.136. The molecule has 0 radical (unpaired) electrons. The molecule has 3 aromatic rings. The molecule has 0 bridgehead atoms. The summed E-state index contributed by atoms with van der Waals surface area (Å²) >= 11 is 0. The van der Waals surface area contributed by atoms with E-state index < -0.39 is 16.6 Å². The molecule has 0 aliphatic carbocycles. The summed E-state index contributed by atoms with van der Waals surface area (Å²) in [6.07, 6.45) is 0.282. The zero-order chi connectivity index (χ0) is 22.4. The van der Waals surface area contributed by atoms with E-state index in [2.05, 4.69) is 14.8 Å². The molecule has 0 atom stereocenters. The van der Waals surface area contributed by atoms with Gasteiger partial charge >= 0.3 is 6.61 Å². The van der Waals surface area contributed by atoms with Crippen molar-refractivity contribution >= 4 is 27.3 Å². The molecule has 162 valence electrons. The Morgan fingerprint density at radius 1 is 0.968 bits per heavy atom. The van der Waals surface area contributed by atoms with Crippen molar-refractivity contribution in [2.45, 2.75) is 24.9 Å². The second kappa shape index (κ2) is 9.57. The molecule has 0 spiro atoms. The number of carbonyl (C=O) groups excluding carboxylic acids is 1. The molecule has 9 heteroatoms. The Bertz CT molecular complexity index is 1150. The van der Waals surface area contributed by atoms with Crippen LogP contribution in [0, 0.1) is 0 Å². The summed E-state index contributed by atoms with van der Waals surface area (Å²) in [5, 5.41) is 2.56. The Morgan fingerprint density at radius 3 is 2.23 bits per heavy atom. The number of amides is 1. The highest BCUT2D eigenvalue weighted by Gasteiger charge is 2.17. The Hall–Kier alpha value is -3.46. The van der Waals surface area contributed by atoms with E-state index in [0.29, 0.717) is 11.3 Å². The van der Waals surface area contributed by atoms with Crippen LogP contribution in [0.4, 0.5) is 20.2 Å². The summed E-state index contributed by atoms with van der Waals surface area (Å²) in [4.78, 5) is 11.1. The molecule has 6 nitrogen and oxygen atoms in total. The maximum atomic E-state index is 12.8. The lowest BCUT2D eigenvalue weighted by molar-refractivity contribution is -0.114. The largest absolute Gasteiger partial charge is 0.435 e. The topological polar surface area (TPSA) is 84.5 Å². The quantitative estimate of drug-likeness (QED) is 0.528. The van der Waals surface area contributed by atoms with Crippen molar-refractivity contribution in [2.24, 2.45) is 0 Å². The fourth-order valence-corrected chi connectivity index (χ4v) is 3.99. The van der Waals surface area contributed by atoms with Gasteiger partial charge in [-0.2, -0.15) is 8.78 Å². The number of nitrogens with one attached hydrogen (secondary N) is 2. The third-order valence-corrected chi connectivity index (χ3v) is 5.65. The van der Waals surface area contributed by atoms with Crippen molar-refractivity contribution in [1.29, 1.82) is 0 Å². The summed E-state index contributed by atoms with van der Waals surface area (Å²) in [6, 6.07) is 18.9. The first-order valence-corrected chi connectivity index (χ1v) is 10.7. The van der Waals surface area contributed by atoms with E-state index in [-0.39, 0.29) is 28.7 Å². The van der Waals surface area contributed by atoms with Gasteiger partial charge in [-0.05, 0) is 48.0 Å². The summed E-state index contributed by atoms with van der Waals surface area (Å²) < 4.78 is 58.0. The average Bonchev–Trinajstić information content (AvgIpc) is 2.70. The second-order valence-electron chi connectivity index (χ2n) is 6.67. The lowest BCUT2D eigenvalue weighted by Gasteiger charge is -2.14. The molecular weight excluding hydrogens is 426 g/mol. The lowest BCUT2D eigenvalue weighted by atomic mass is 10.0. The molecule has 0 fully saturated rings. The van der Waals surface area contributed by atoms with E-state index in [9.17, 15) is 22.0 Å². The predicted octanol–water partition coefficient (Wildman–Crippen LogP) is 4.64. The van der Waals surface area contributed by atoms with Crippen molar-refractivity contribution in [3.63, 3.8) is 0 Å². The van der Waals surface area contributed by atoms with E-state index in [1.807, 2.05) is 30.3 Å². The van der Waals surface area contributed by atoms with Gasteiger partial charge in [0.25, 0.3) is 10.0 Å². The van der Waals surface area contributed by atoms with Gasteiger partial charge in [0.1, 0.15) is 5.75 Å².